The second kappa shape index (κ2) is 6.89. The van der Waals surface area contributed by atoms with E-state index in [0.717, 1.165) is 13.0 Å². The minimum Gasteiger partial charge on any atom is -0.482 e. The number of rotatable bonds is 7. The summed E-state index contributed by atoms with van der Waals surface area (Å²) in [6, 6.07) is 4.37. The summed E-state index contributed by atoms with van der Waals surface area (Å²) >= 11 is 0. The summed E-state index contributed by atoms with van der Waals surface area (Å²) in [5.74, 6) is -0.320. The van der Waals surface area contributed by atoms with Crippen molar-refractivity contribution in [3.8, 4) is 5.75 Å². The third-order valence-electron chi connectivity index (χ3n) is 3.06. The van der Waals surface area contributed by atoms with Crippen molar-refractivity contribution in [3.05, 3.63) is 28.3 Å². The number of ether oxygens (including phenoxy) is 3. The van der Waals surface area contributed by atoms with Gasteiger partial charge in [-0.25, -0.2) is 4.79 Å². The number of hydrogen-bond acceptors (Lipinski definition) is 7. The number of nitro benzene ring substituents is 1. The molecular formula is C13H16N2O6. The molecular weight excluding hydrogens is 280 g/mol. The molecule has 1 aromatic rings. The summed E-state index contributed by atoms with van der Waals surface area (Å²) in [4.78, 5) is 21.6. The first-order valence-corrected chi connectivity index (χ1v) is 6.43. The number of carbonyl (C=O) groups excluding carboxylic acids is 1. The number of nitrogens with one attached hydrogen (secondary N) is 1. The topological polar surface area (TPSA) is 99.9 Å². The van der Waals surface area contributed by atoms with E-state index in [9.17, 15) is 14.9 Å². The van der Waals surface area contributed by atoms with Gasteiger partial charge < -0.3 is 19.5 Å². The first kappa shape index (κ1) is 15.0. The smallest absolute Gasteiger partial charge is 0.343 e. The van der Waals surface area contributed by atoms with Crippen molar-refractivity contribution in [2.45, 2.75) is 12.5 Å². The van der Waals surface area contributed by atoms with Crippen LogP contribution in [-0.4, -0.2) is 43.9 Å². The van der Waals surface area contributed by atoms with Crippen molar-refractivity contribution in [2.75, 3.05) is 32.2 Å². The fraction of sp³-hybridized carbons (Fsp3) is 0.462. The van der Waals surface area contributed by atoms with Gasteiger partial charge in [0.1, 0.15) is 11.4 Å². The Balaban J connectivity index is 2.03. The maximum Gasteiger partial charge on any atom is 0.343 e. The minimum absolute atomic E-state index is 0.0971. The lowest BCUT2D eigenvalue weighted by molar-refractivity contribution is -0.384. The molecule has 1 fully saturated rings. The summed E-state index contributed by atoms with van der Waals surface area (Å²) in [7, 11) is 1.24. The van der Waals surface area contributed by atoms with Crippen LogP contribution in [0.4, 0.5) is 11.4 Å². The van der Waals surface area contributed by atoms with Gasteiger partial charge in [-0.1, -0.05) is 0 Å². The van der Waals surface area contributed by atoms with E-state index in [4.69, 9.17) is 9.47 Å². The molecule has 1 atom stereocenters. The zero-order valence-corrected chi connectivity index (χ0v) is 11.5. The molecule has 1 aromatic carbocycles. The van der Waals surface area contributed by atoms with Gasteiger partial charge in [-0.15, -0.1) is 0 Å². The zero-order chi connectivity index (χ0) is 15.2. The number of nitrogens with zero attached hydrogens (tertiary/aromatic N) is 1. The van der Waals surface area contributed by atoms with Gasteiger partial charge in [-0.05, 0) is 18.6 Å². The van der Waals surface area contributed by atoms with Gasteiger partial charge >= 0.3 is 5.97 Å². The largest absolute Gasteiger partial charge is 0.482 e. The van der Waals surface area contributed by atoms with Crippen LogP contribution in [0, 0.1) is 10.1 Å². The van der Waals surface area contributed by atoms with E-state index in [1.165, 1.54) is 13.2 Å². The van der Waals surface area contributed by atoms with Gasteiger partial charge in [0.15, 0.2) is 6.61 Å². The molecule has 8 nitrogen and oxygen atoms in total. The SMILES string of the molecule is COC(=O)COc1ccc(NC[C@@H]2CCO2)c([N+](=O)[O-])c1. The Bertz CT molecular complexity index is 529. The van der Waals surface area contributed by atoms with E-state index in [2.05, 4.69) is 10.1 Å². The molecule has 0 bridgehead atoms. The summed E-state index contributed by atoms with van der Waals surface area (Å²) in [6.45, 7) is 0.953. The van der Waals surface area contributed by atoms with Crippen LogP contribution in [0.2, 0.25) is 0 Å². The van der Waals surface area contributed by atoms with Crippen molar-refractivity contribution < 1.29 is 23.9 Å². The van der Waals surface area contributed by atoms with Crippen LogP contribution in [0.15, 0.2) is 18.2 Å². The molecule has 114 valence electrons. The molecule has 1 aliphatic heterocycles. The van der Waals surface area contributed by atoms with Gasteiger partial charge in [-0.3, -0.25) is 10.1 Å². The molecule has 1 saturated heterocycles. The third-order valence-corrected chi connectivity index (χ3v) is 3.06. The molecule has 8 heteroatoms. The first-order valence-electron chi connectivity index (χ1n) is 6.43. The fourth-order valence-electron chi connectivity index (χ4n) is 1.77. The third kappa shape index (κ3) is 4.06. The molecule has 0 aliphatic carbocycles. The molecule has 1 aliphatic rings. The second-order valence-electron chi connectivity index (χ2n) is 4.46. The van der Waals surface area contributed by atoms with Crippen LogP contribution in [0.1, 0.15) is 6.42 Å². The zero-order valence-electron chi connectivity index (χ0n) is 11.5. The van der Waals surface area contributed by atoms with E-state index < -0.39 is 10.9 Å². The van der Waals surface area contributed by atoms with Gasteiger partial charge in [0.05, 0.1) is 24.2 Å². The van der Waals surface area contributed by atoms with Crippen LogP contribution in [0.3, 0.4) is 0 Å². The van der Waals surface area contributed by atoms with Gasteiger partial charge in [0, 0.05) is 13.2 Å². The predicted octanol–water partition coefficient (Wildman–Crippen LogP) is 1.35. The van der Waals surface area contributed by atoms with E-state index in [-0.39, 0.29) is 24.1 Å². The van der Waals surface area contributed by atoms with Crippen molar-refractivity contribution in [3.63, 3.8) is 0 Å². The Labute approximate surface area is 121 Å². The van der Waals surface area contributed by atoms with Crippen molar-refractivity contribution in [1.82, 2.24) is 0 Å². The Morgan fingerprint density at radius 2 is 2.33 bits per heavy atom. The molecule has 0 spiro atoms. The van der Waals surface area contributed by atoms with Crippen molar-refractivity contribution in [2.24, 2.45) is 0 Å². The van der Waals surface area contributed by atoms with E-state index in [1.54, 1.807) is 12.1 Å². The summed E-state index contributed by atoms with van der Waals surface area (Å²) in [6.07, 6.45) is 1.04. The molecule has 0 unspecified atom stereocenters. The first-order chi connectivity index (χ1) is 10.1. The van der Waals surface area contributed by atoms with Crippen molar-refractivity contribution in [1.29, 1.82) is 0 Å². The van der Waals surface area contributed by atoms with Crippen LogP contribution in [-0.2, 0) is 14.3 Å². The Morgan fingerprint density at radius 3 is 2.90 bits per heavy atom. The molecule has 0 radical (unpaired) electrons. The van der Waals surface area contributed by atoms with E-state index >= 15 is 0 Å². The van der Waals surface area contributed by atoms with Gasteiger partial charge in [-0.2, -0.15) is 0 Å². The van der Waals surface area contributed by atoms with Gasteiger partial charge in [0.25, 0.3) is 5.69 Å². The average Bonchev–Trinajstić information content (AvgIpc) is 2.43. The normalized spacial score (nSPS) is 16.7. The highest BCUT2D eigenvalue weighted by Crippen LogP contribution is 2.29. The van der Waals surface area contributed by atoms with Crippen LogP contribution in [0.5, 0.6) is 5.75 Å². The summed E-state index contributed by atoms with van der Waals surface area (Å²) in [5.41, 5.74) is 0.276. The van der Waals surface area contributed by atoms with E-state index in [0.29, 0.717) is 12.2 Å². The molecule has 0 amide bonds. The van der Waals surface area contributed by atoms with Crippen LogP contribution in [0.25, 0.3) is 0 Å². The lowest BCUT2D eigenvalue weighted by atomic mass is 10.2. The monoisotopic (exact) mass is 296 g/mol. The quantitative estimate of drug-likeness (QED) is 0.460. The maximum absolute atomic E-state index is 11.1. The molecule has 21 heavy (non-hydrogen) atoms. The number of anilines is 1. The molecule has 0 aromatic heterocycles. The number of carbonyl (C=O) groups is 1. The number of hydrogen-bond donors (Lipinski definition) is 1. The molecule has 2 rings (SSSR count). The maximum atomic E-state index is 11.1. The highest BCUT2D eigenvalue weighted by Gasteiger charge is 2.20. The molecule has 0 saturated carbocycles. The lowest BCUT2D eigenvalue weighted by Gasteiger charge is -2.26. The number of nitro groups is 1. The summed E-state index contributed by atoms with van der Waals surface area (Å²) < 4.78 is 14.8. The Hall–Kier alpha value is -2.35. The number of esters is 1. The standard InChI is InChI=1S/C13H16N2O6/c1-19-13(16)8-21-9-2-3-11(12(6-9)15(17)18)14-7-10-4-5-20-10/h2-3,6,10,14H,4-5,7-8H2,1H3/t10-/m0/s1. The number of methoxy groups -OCH3 is 1. The van der Waals surface area contributed by atoms with Crippen molar-refractivity contribution >= 4 is 17.3 Å². The number of benzene rings is 1. The highest BCUT2D eigenvalue weighted by molar-refractivity contribution is 5.71. The summed E-state index contributed by atoms with van der Waals surface area (Å²) in [5, 5.41) is 14.1. The Kier molecular flexibility index (Phi) is 4.94. The average molecular weight is 296 g/mol. The Morgan fingerprint density at radius 1 is 1.57 bits per heavy atom. The second-order valence-corrected chi connectivity index (χ2v) is 4.46. The predicted molar refractivity (Wildman–Crippen MR) is 73.5 cm³/mol. The van der Waals surface area contributed by atoms with Gasteiger partial charge in [0.2, 0.25) is 0 Å². The minimum atomic E-state index is -0.554. The lowest BCUT2D eigenvalue weighted by Crippen LogP contribution is -2.33. The van der Waals surface area contributed by atoms with Crippen LogP contribution >= 0.6 is 0 Å². The highest BCUT2D eigenvalue weighted by atomic mass is 16.6. The van der Waals surface area contributed by atoms with Crippen LogP contribution < -0.4 is 10.1 Å². The van der Waals surface area contributed by atoms with E-state index in [1.807, 2.05) is 0 Å². The molecule has 1 N–H and O–H groups in total. The fourth-order valence-corrected chi connectivity index (χ4v) is 1.77. The molecule has 1 heterocycles.